The largest absolute Gasteiger partial charge is 0.352 e. The fourth-order valence-electron chi connectivity index (χ4n) is 0. The molecule has 0 atom stereocenters. The van der Waals surface area contributed by atoms with E-state index in [1.807, 2.05) is 6.79 Å². The number of hydrogen-bond donors (Lipinski definition) is 2. The standard InChI is InChI=1S/CH4N2O.CH2O.H2/c2-1(3)4;1-2;/h(H4,2,3,4);1H2;1H. The Balaban J connectivity index is -0.0000000480. The monoisotopic (exact) mass is 92.1 g/mol. The van der Waals surface area contributed by atoms with Gasteiger partial charge in [0.25, 0.3) is 0 Å². The topological polar surface area (TPSA) is 86.2 Å². The van der Waals surface area contributed by atoms with E-state index in [0.29, 0.717) is 0 Å². The van der Waals surface area contributed by atoms with Crippen molar-refractivity contribution in [2.24, 2.45) is 11.5 Å². The SMILES string of the molecule is C=O.NC(N)=O.[HH]. The molecule has 4 N–H and O–H groups in total. The first-order valence-electron chi connectivity index (χ1n) is 1.07. The van der Waals surface area contributed by atoms with Crippen molar-refractivity contribution in [2.75, 3.05) is 0 Å². The minimum atomic E-state index is -0.833. The second-order valence-electron chi connectivity index (χ2n) is 0.402. The molecule has 38 valence electrons. The van der Waals surface area contributed by atoms with Crippen molar-refractivity contribution in [1.82, 2.24) is 0 Å². The molecule has 4 nitrogen and oxygen atoms in total. The van der Waals surface area contributed by atoms with Crippen LogP contribution in [0, 0.1) is 0 Å². The van der Waals surface area contributed by atoms with Crippen LogP contribution in [0.15, 0.2) is 0 Å². The highest BCUT2D eigenvalue weighted by molar-refractivity contribution is 5.69. The van der Waals surface area contributed by atoms with E-state index in [2.05, 4.69) is 11.5 Å². The van der Waals surface area contributed by atoms with Crippen molar-refractivity contribution in [1.29, 1.82) is 0 Å². The number of rotatable bonds is 0. The van der Waals surface area contributed by atoms with Crippen LogP contribution >= 0.6 is 0 Å². The van der Waals surface area contributed by atoms with Gasteiger partial charge in [-0.3, -0.25) is 0 Å². The number of amides is 2. The summed E-state index contributed by atoms with van der Waals surface area (Å²) in [5, 5.41) is 0. The molecule has 0 aliphatic rings. The lowest BCUT2D eigenvalue weighted by molar-refractivity contribution is -0.0979. The third-order valence-electron chi connectivity index (χ3n) is 0. The zero-order valence-corrected chi connectivity index (χ0v) is 3.18. The number of carbonyl (C=O) groups excluding carboxylic acids is 2. The number of primary amides is 2. The van der Waals surface area contributed by atoms with E-state index >= 15 is 0 Å². The Hall–Kier alpha value is -1.06. The van der Waals surface area contributed by atoms with Crippen LogP contribution in [0.3, 0.4) is 0 Å². The lowest BCUT2D eigenvalue weighted by Gasteiger charge is -1.62. The molecule has 0 heterocycles. The van der Waals surface area contributed by atoms with E-state index in [1.165, 1.54) is 0 Å². The molecule has 0 spiro atoms. The smallest absolute Gasteiger partial charge is 0.309 e. The van der Waals surface area contributed by atoms with E-state index < -0.39 is 6.03 Å². The fourth-order valence-corrected chi connectivity index (χ4v) is 0. The summed E-state index contributed by atoms with van der Waals surface area (Å²) < 4.78 is 0. The van der Waals surface area contributed by atoms with Crippen LogP contribution in [-0.4, -0.2) is 12.8 Å². The summed E-state index contributed by atoms with van der Waals surface area (Å²) in [4.78, 5) is 17.0. The van der Waals surface area contributed by atoms with Crippen molar-refractivity contribution < 1.29 is 11.0 Å². The van der Waals surface area contributed by atoms with Crippen molar-refractivity contribution >= 4 is 12.8 Å². The Labute approximate surface area is 36.6 Å². The second kappa shape index (κ2) is 9.05. The lowest BCUT2D eigenvalue weighted by atomic mass is 11.2. The van der Waals surface area contributed by atoms with Gasteiger partial charge in [0, 0.05) is 1.43 Å². The minimum absolute atomic E-state index is 0. The van der Waals surface area contributed by atoms with Gasteiger partial charge in [-0.15, -0.1) is 0 Å². The Bertz CT molecular complexity index is 45.0. The van der Waals surface area contributed by atoms with Crippen molar-refractivity contribution in [2.45, 2.75) is 0 Å². The highest BCUT2D eigenvalue weighted by Crippen LogP contribution is 1.25. The first kappa shape index (κ1) is 8.87. The third kappa shape index (κ3) is 9.85. The average Bonchev–Trinajstić information content (AvgIpc) is 1.41. The number of carbonyl (C=O) groups is 2. The maximum atomic E-state index is 9.00. The summed E-state index contributed by atoms with van der Waals surface area (Å²) in [7, 11) is 0. The Morgan fingerprint density at radius 1 is 1.50 bits per heavy atom. The molecular weight excluding hydrogens is 84.0 g/mol. The first-order valence-corrected chi connectivity index (χ1v) is 1.07. The average molecular weight is 92.1 g/mol. The minimum Gasteiger partial charge on any atom is -0.352 e. The van der Waals surface area contributed by atoms with Gasteiger partial charge in [-0.05, 0) is 0 Å². The predicted molar refractivity (Wildman–Crippen MR) is 23.0 cm³/mol. The molecule has 0 rings (SSSR count). The van der Waals surface area contributed by atoms with E-state index in [0.717, 1.165) is 0 Å². The van der Waals surface area contributed by atoms with E-state index in [-0.39, 0.29) is 1.43 Å². The zero-order chi connectivity index (χ0) is 5.58. The number of urea groups is 1. The molecular formula is C2H8N2O2. The van der Waals surface area contributed by atoms with E-state index in [4.69, 9.17) is 9.59 Å². The molecule has 0 bridgehead atoms. The summed E-state index contributed by atoms with van der Waals surface area (Å²) in [5.74, 6) is 0. The number of nitrogens with two attached hydrogens (primary N) is 2. The van der Waals surface area contributed by atoms with Gasteiger partial charge in [-0.2, -0.15) is 0 Å². The lowest BCUT2D eigenvalue weighted by Crippen LogP contribution is -2.18. The van der Waals surface area contributed by atoms with E-state index in [9.17, 15) is 0 Å². The Kier molecular flexibility index (Phi) is 13.4. The van der Waals surface area contributed by atoms with Gasteiger partial charge in [-0.1, -0.05) is 0 Å². The zero-order valence-electron chi connectivity index (χ0n) is 3.18. The van der Waals surface area contributed by atoms with Gasteiger partial charge in [0.2, 0.25) is 0 Å². The van der Waals surface area contributed by atoms with Crippen LogP contribution in [0.5, 0.6) is 0 Å². The normalized spacial score (nSPS) is 4.67. The number of hydrogen-bond acceptors (Lipinski definition) is 2. The van der Waals surface area contributed by atoms with Crippen LogP contribution in [-0.2, 0) is 4.79 Å². The van der Waals surface area contributed by atoms with Gasteiger partial charge < -0.3 is 16.3 Å². The quantitative estimate of drug-likeness (QED) is 0.405. The molecule has 0 aromatic rings. The predicted octanol–water partition coefficient (Wildman–Crippen LogP) is -0.915. The van der Waals surface area contributed by atoms with Gasteiger partial charge in [0.1, 0.15) is 6.79 Å². The molecule has 4 heteroatoms. The Morgan fingerprint density at radius 3 is 1.50 bits per heavy atom. The fraction of sp³-hybridized carbons (Fsp3) is 0. The molecule has 6 heavy (non-hydrogen) atoms. The molecule has 0 fully saturated rings. The molecule has 0 saturated heterocycles. The van der Waals surface area contributed by atoms with Crippen LogP contribution in [0.4, 0.5) is 4.79 Å². The highest BCUT2D eigenvalue weighted by atomic mass is 16.2. The van der Waals surface area contributed by atoms with E-state index in [1.54, 1.807) is 0 Å². The first-order chi connectivity index (χ1) is 2.73. The van der Waals surface area contributed by atoms with Gasteiger partial charge in [-0.25, -0.2) is 4.79 Å². The summed E-state index contributed by atoms with van der Waals surface area (Å²) in [6.07, 6.45) is 0. The molecule has 0 aliphatic carbocycles. The maximum absolute atomic E-state index is 9.00. The second-order valence-corrected chi connectivity index (χ2v) is 0.402. The molecule has 2 amide bonds. The van der Waals surface area contributed by atoms with Gasteiger partial charge >= 0.3 is 6.03 Å². The molecule has 0 aromatic heterocycles. The van der Waals surface area contributed by atoms with Crippen LogP contribution < -0.4 is 11.5 Å². The molecule has 0 saturated carbocycles. The molecule has 0 aliphatic heterocycles. The van der Waals surface area contributed by atoms with Crippen molar-refractivity contribution in [3.8, 4) is 0 Å². The van der Waals surface area contributed by atoms with Crippen LogP contribution in [0.1, 0.15) is 1.43 Å². The summed E-state index contributed by atoms with van der Waals surface area (Å²) in [5.41, 5.74) is 8.50. The summed E-state index contributed by atoms with van der Waals surface area (Å²) in [6.45, 7) is 2.00. The van der Waals surface area contributed by atoms with Crippen molar-refractivity contribution in [3.63, 3.8) is 0 Å². The van der Waals surface area contributed by atoms with Crippen LogP contribution in [0.25, 0.3) is 0 Å². The summed E-state index contributed by atoms with van der Waals surface area (Å²) >= 11 is 0. The summed E-state index contributed by atoms with van der Waals surface area (Å²) in [6, 6.07) is -0.833. The Morgan fingerprint density at radius 2 is 1.50 bits per heavy atom. The van der Waals surface area contributed by atoms with Gasteiger partial charge in [0.15, 0.2) is 0 Å². The third-order valence-corrected chi connectivity index (χ3v) is 0. The molecule has 0 radical (unpaired) electrons. The van der Waals surface area contributed by atoms with Crippen LogP contribution in [0.2, 0.25) is 0 Å². The highest BCUT2D eigenvalue weighted by Gasteiger charge is 1.60. The van der Waals surface area contributed by atoms with Gasteiger partial charge in [0.05, 0.1) is 0 Å². The maximum Gasteiger partial charge on any atom is 0.309 e. The molecule has 0 unspecified atom stereocenters. The van der Waals surface area contributed by atoms with Crippen molar-refractivity contribution in [3.05, 3.63) is 0 Å². The molecule has 0 aromatic carbocycles.